The number of rotatable bonds is 5. The van der Waals surface area contributed by atoms with E-state index < -0.39 is 39.1 Å². The molecule has 0 bridgehead atoms. The lowest BCUT2D eigenvalue weighted by Gasteiger charge is -2.23. The summed E-state index contributed by atoms with van der Waals surface area (Å²) in [5.41, 5.74) is -3.78. The Balaban J connectivity index is 1.85. The molecule has 2 aromatic rings. The minimum Gasteiger partial charge on any atom is -0.312 e. The zero-order chi connectivity index (χ0) is 21.4. The van der Waals surface area contributed by atoms with Crippen molar-refractivity contribution in [3.05, 3.63) is 59.2 Å². The second-order valence-electron chi connectivity index (χ2n) is 7.08. The van der Waals surface area contributed by atoms with Gasteiger partial charge in [0, 0.05) is 17.6 Å². The largest absolute Gasteiger partial charge is 0.492 e. The van der Waals surface area contributed by atoms with Crippen LogP contribution in [0.1, 0.15) is 17.5 Å². The van der Waals surface area contributed by atoms with E-state index in [2.05, 4.69) is 5.32 Å². The molecular weight excluding hydrogens is 413 g/mol. The lowest BCUT2D eigenvalue weighted by Crippen LogP contribution is -2.48. The molecule has 3 unspecified atom stereocenters. The fraction of sp³-hybridized carbons (Fsp3) is 0.368. The van der Waals surface area contributed by atoms with Gasteiger partial charge in [0.25, 0.3) is 0 Å². The van der Waals surface area contributed by atoms with E-state index in [1.807, 2.05) is 4.72 Å². The lowest BCUT2D eigenvalue weighted by molar-refractivity contribution is -0.0420. The number of benzene rings is 2. The van der Waals surface area contributed by atoms with Crippen molar-refractivity contribution < 1.29 is 26.2 Å². The summed E-state index contributed by atoms with van der Waals surface area (Å²) >= 11 is 0. The van der Waals surface area contributed by atoms with Crippen molar-refractivity contribution in [1.82, 2.24) is 10.0 Å². The van der Waals surface area contributed by atoms with Crippen LogP contribution in [-0.4, -0.2) is 28.3 Å². The molecule has 0 aliphatic carbocycles. The van der Waals surface area contributed by atoms with Crippen molar-refractivity contribution in [2.45, 2.75) is 37.4 Å². The van der Waals surface area contributed by atoms with Crippen LogP contribution in [0.25, 0.3) is 11.1 Å². The summed E-state index contributed by atoms with van der Waals surface area (Å²) < 4.78 is 87.7. The zero-order valence-electron chi connectivity index (χ0n) is 15.4. The minimum atomic E-state index is -5.19. The van der Waals surface area contributed by atoms with Gasteiger partial charge in [0.1, 0.15) is 11.6 Å². The number of aryl methyl sites for hydroxylation is 1. The molecule has 4 nitrogen and oxygen atoms in total. The Kier molecular flexibility index (Phi) is 5.98. The van der Waals surface area contributed by atoms with E-state index in [0.717, 1.165) is 0 Å². The predicted octanol–water partition coefficient (Wildman–Crippen LogP) is 4.28. The number of halogens is 5. The summed E-state index contributed by atoms with van der Waals surface area (Å²) in [6.45, 7) is 2.03. The molecule has 3 rings (SSSR count). The van der Waals surface area contributed by atoms with E-state index in [9.17, 15) is 21.8 Å². The molecule has 0 saturated carbocycles. The highest BCUT2D eigenvalue weighted by Gasteiger charge is 2.44. The third-order valence-electron chi connectivity index (χ3n) is 4.86. The molecule has 0 radical (unpaired) electrons. The van der Waals surface area contributed by atoms with Crippen LogP contribution < -0.4 is 10.0 Å². The van der Waals surface area contributed by atoms with Crippen molar-refractivity contribution in [3.8, 4) is 11.1 Å². The van der Waals surface area contributed by atoms with Crippen LogP contribution in [0, 0.1) is 23.3 Å². The number of nitrogens with one attached hydrogen (secondary N) is 3. The Morgan fingerprint density at radius 2 is 1.97 bits per heavy atom. The van der Waals surface area contributed by atoms with Gasteiger partial charge < -0.3 is 5.32 Å². The Morgan fingerprint density at radius 3 is 2.62 bits per heavy atom. The molecule has 29 heavy (non-hydrogen) atoms. The molecule has 2 aromatic carbocycles. The molecule has 1 aliphatic rings. The van der Waals surface area contributed by atoms with Gasteiger partial charge in [-0.2, -0.15) is 13.2 Å². The molecule has 3 atom stereocenters. The average Bonchev–Trinajstić information content (AvgIpc) is 3.01. The van der Waals surface area contributed by atoms with Gasteiger partial charge in [0.15, 0.2) is 0 Å². The van der Waals surface area contributed by atoms with Crippen molar-refractivity contribution in [2.24, 2.45) is 0 Å². The van der Waals surface area contributed by atoms with Crippen molar-refractivity contribution in [2.75, 3.05) is 6.54 Å². The molecule has 1 fully saturated rings. The van der Waals surface area contributed by atoms with Gasteiger partial charge in [-0.15, -0.1) is 0 Å². The van der Waals surface area contributed by atoms with Crippen molar-refractivity contribution in [1.29, 1.82) is 4.78 Å². The SMILES string of the molecule is Cc1cc(F)cc(-c2cccc(CC3NCCC3NS(=N)(=O)C(F)(F)F)c2F)c1. The third-order valence-corrected chi connectivity index (χ3v) is 6.15. The van der Waals surface area contributed by atoms with Gasteiger partial charge in [-0.3, -0.25) is 0 Å². The quantitative estimate of drug-likeness (QED) is 0.616. The normalized spacial score (nSPS) is 21.9. The maximum Gasteiger partial charge on any atom is 0.492 e. The van der Waals surface area contributed by atoms with Crippen LogP contribution >= 0.6 is 0 Å². The smallest absolute Gasteiger partial charge is 0.312 e. The monoisotopic (exact) mass is 433 g/mol. The number of alkyl halides is 3. The molecule has 0 amide bonds. The van der Waals surface area contributed by atoms with E-state index in [4.69, 9.17) is 4.78 Å². The van der Waals surface area contributed by atoms with Gasteiger partial charge in [0.05, 0.1) is 0 Å². The number of hydrogen-bond acceptors (Lipinski definition) is 3. The molecular formula is C19H20F5N3OS. The fourth-order valence-corrected chi connectivity index (χ4v) is 4.33. The van der Waals surface area contributed by atoms with Crippen LogP contribution in [0.3, 0.4) is 0 Å². The maximum atomic E-state index is 15.1. The standard InChI is InChI=1S/C19H20F5N3OS/c1-11-7-13(9-14(20)8-11)15-4-2-3-12(18(15)21)10-17-16(5-6-26-17)27-29(25,28)19(22,23)24/h2-4,7-9,16-17,26H,5-6,10H2,1H3,(H2,25,27,28). The summed E-state index contributed by atoms with van der Waals surface area (Å²) in [6, 6.07) is 7.24. The maximum absolute atomic E-state index is 15.1. The second kappa shape index (κ2) is 8.00. The topological polar surface area (TPSA) is 65.0 Å². The highest BCUT2D eigenvalue weighted by atomic mass is 32.2. The average molecular weight is 433 g/mol. The van der Waals surface area contributed by atoms with Gasteiger partial charge in [0.2, 0.25) is 9.92 Å². The van der Waals surface area contributed by atoms with E-state index in [1.54, 1.807) is 19.1 Å². The van der Waals surface area contributed by atoms with Gasteiger partial charge in [-0.25, -0.2) is 22.5 Å². The van der Waals surface area contributed by atoms with Crippen LogP contribution in [0.5, 0.6) is 0 Å². The highest BCUT2D eigenvalue weighted by Crippen LogP contribution is 2.29. The van der Waals surface area contributed by atoms with E-state index in [0.29, 0.717) is 17.7 Å². The molecule has 0 spiro atoms. The summed E-state index contributed by atoms with van der Waals surface area (Å²) in [4.78, 5) is 0. The van der Waals surface area contributed by atoms with Gasteiger partial charge in [-0.1, -0.05) is 24.3 Å². The van der Waals surface area contributed by atoms with Crippen LogP contribution in [0.4, 0.5) is 22.0 Å². The van der Waals surface area contributed by atoms with E-state index in [1.165, 1.54) is 24.3 Å². The first-order chi connectivity index (χ1) is 13.5. The van der Waals surface area contributed by atoms with Gasteiger partial charge in [-0.05, 0) is 55.1 Å². The second-order valence-corrected chi connectivity index (χ2v) is 8.89. The predicted molar refractivity (Wildman–Crippen MR) is 100 cm³/mol. The third kappa shape index (κ3) is 4.76. The Labute approximate surface area is 165 Å². The Bertz CT molecular complexity index is 987. The molecule has 1 heterocycles. The summed E-state index contributed by atoms with van der Waals surface area (Å²) in [5.74, 6) is -1.09. The highest BCUT2D eigenvalue weighted by molar-refractivity contribution is 7.91. The lowest BCUT2D eigenvalue weighted by atomic mass is 9.96. The van der Waals surface area contributed by atoms with E-state index >= 15 is 4.39 Å². The van der Waals surface area contributed by atoms with Crippen molar-refractivity contribution >= 4 is 9.92 Å². The fourth-order valence-electron chi connectivity index (χ4n) is 3.49. The Hall–Kier alpha value is -2.04. The minimum absolute atomic E-state index is 0.0268. The molecule has 158 valence electrons. The van der Waals surface area contributed by atoms with Crippen LogP contribution in [0.2, 0.25) is 0 Å². The molecule has 0 aromatic heterocycles. The summed E-state index contributed by atoms with van der Waals surface area (Å²) in [7, 11) is -5.00. The van der Waals surface area contributed by atoms with Crippen LogP contribution in [0.15, 0.2) is 36.4 Å². The summed E-state index contributed by atoms with van der Waals surface area (Å²) in [6.07, 6.45) is 0.250. The Morgan fingerprint density at radius 1 is 1.24 bits per heavy atom. The zero-order valence-corrected chi connectivity index (χ0v) is 16.3. The van der Waals surface area contributed by atoms with Gasteiger partial charge >= 0.3 is 5.51 Å². The number of hydrogen-bond donors (Lipinski definition) is 3. The molecule has 1 aliphatic heterocycles. The van der Waals surface area contributed by atoms with E-state index in [-0.39, 0.29) is 24.0 Å². The van der Waals surface area contributed by atoms with Crippen LogP contribution in [-0.2, 0) is 16.3 Å². The first-order valence-electron chi connectivity index (χ1n) is 8.88. The van der Waals surface area contributed by atoms with Crippen molar-refractivity contribution in [3.63, 3.8) is 0 Å². The first-order valence-corrected chi connectivity index (χ1v) is 10.4. The molecule has 3 N–H and O–H groups in total. The summed E-state index contributed by atoms with van der Waals surface area (Å²) in [5, 5.41) is 2.97. The first kappa shape index (κ1) is 21.7. The molecule has 1 saturated heterocycles. The molecule has 10 heteroatoms.